The summed E-state index contributed by atoms with van der Waals surface area (Å²) in [5.74, 6) is 0. The maximum absolute atomic E-state index is 12.5. The Hall–Kier alpha value is -4.70. The average Bonchev–Trinajstić information content (AvgIpc) is 3.10. The monoisotopic (exact) mass is 747 g/mol. The van der Waals surface area contributed by atoms with E-state index in [1.54, 1.807) is 24.3 Å². The molecule has 11 nitrogen and oxygen atoms in total. The standard InChI is InChI=1S/C37H36N2O9S3/c1-3-38(25-27-9-7-11-33(23-27)49(40,41)42)31-19-15-29(16-20-31)37(35-13-5-6-14-36(35)51(46,47)48)30-17-21-32(22-18-30)39(4-2)26-28-10-8-12-34(24-28)50(43,44)45/h5-24H,3-4,25-26H2,1-2H3,(H2-,40,41,42,43,44,45,46,47,48)/p-1. The molecule has 51 heavy (non-hydrogen) atoms. The van der Waals surface area contributed by atoms with Gasteiger partial charge in [0.1, 0.15) is 31.7 Å². The first-order valence-corrected chi connectivity index (χ1v) is 20.1. The van der Waals surface area contributed by atoms with Gasteiger partial charge < -0.3 is 14.0 Å². The molecule has 0 fully saturated rings. The van der Waals surface area contributed by atoms with Gasteiger partial charge in [0, 0.05) is 42.1 Å². The molecule has 0 radical (unpaired) electrons. The number of benzene rings is 4. The molecular formula is C37H35N2O9S3-. The molecule has 0 atom stereocenters. The van der Waals surface area contributed by atoms with Gasteiger partial charge in [-0.2, -0.15) is 8.42 Å². The Kier molecular flexibility index (Phi) is 11.2. The van der Waals surface area contributed by atoms with Gasteiger partial charge in [-0.1, -0.05) is 54.6 Å². The second-order valence-electron chi connectivity index (χ2n) is 11.7. The van der Waals surface area contributed by atoms with Crippen molar-refractivity contribution in [3.63, 3.8) is 0 Å². The van der Waals surface area contributed by atoms with Crippen molar-refractivity contribution in [2.24, 2.45) is 0 Å². The van der Waals surface area contributed by atoms with Gasteiger partial charge in [-0.3, -0.25) is 4.55 Å². The largest absolute Gasteiger partial charge is 0.744 e. The van der Waals surface area contributed by atoms with Crippen LogP contribution in [0.1, 0.15) is 36.1 Å². The number of rotatable bonds is 12. The molecule has 0 heterocycles. The average molecular weight is 748 g/mol. The molecule has 1 aliphatic rings. The zero-order valence-electron chi connectivity index (χ0n) is 27.7. The summed E-state index contributed by atoms with van der Waals surface area (Å²) in [6.07, 6.45) is 7.37. The Morgan fingerprint density at radius 1 is 0.706 bits per heavy atom. The summed E-state index contributed by atoms with van der Waals surface area (Å²) in [6, 6.07) is 25.3. The van der Waals surface area contributed by atoms with Crippen molar-refractivity contribution in [1.29, 1.82) is 0 Å². The molecule has 0 saturated carbocycles. The number of hydrogen-bond acceptors (Lipinski definition) is 9. The first kappa shape index (κ1) is 37.6. The van der Waals surface area contributed by atoms with E-state index in [1.165, 1.54) is 48.5 Å². The van der Waals surface area contributed by atoms with Crippen molar-refractivity contribution < 1.29 is 43.5 Å². The van der Waals surface area contributed by atoms with Crippen LogP contribution in [0, 0.1) is 0 Å². The Balaban J connectivity index is 1.54. The maximum atomic E-state index is 12.5. The first-order valence-electron chi connectivity index (χ1n) is 15.8. The SMILES string of the molecule is CCN(Cc1cccc(S(=O)(=O)[O-])c1)c1ccc(C(=C2C=CC(=[N+](CC)Cc3cccc(S(=O)(=O)[O-])c3)C=C2)c2ccccc2S(=O)(=O)O)cc1. The van der Waals surface area contributed by atoms with Crippen LogP contribution in [0.15, 0.2) is 142 Å². The van der Waals surface area contributed by atoms with Crippen LogP contribution in [0.2, 0.25) is 0 Å². The zero-order chi connectivity index (χ0) is 37.0. The Morgan fingerprint density at radius 2 is 1.27 bits per heavy atom. The van der Waals surface area contributed by atoms with Gasteiger partial charge in [-0.15, -0.1) is 0 Å². The predicted octanol–water partition coefficient (Wildman–Crippen LogP) is 5.37. The molecule has 1 aliphatic carbocycles. The van der Waals surface area contributed by atoms with Crippen LogP contribution in [0.4, 0.5) is 5.69 Å². The summed E-state index contributed by atoms with van der Waals surface area (Å²) in [7, 11) is -13.8. The van der Waals surface area contributed by atoms with Crippen LogP contribution < -0.4 is 4.90 Å². The van der Waals surface area contributed by atoms with Gasteiger partial charge in [-0.05, 0) is 90.7 Å². The fraction of sp³-hybridized carbons (Fsp3) is 0.162. The van der Waals surface area contributed by atoms with Crippen LogP contribution in [-0.2, 0) is 43.4 Å². The number of allylic oxidation sites excluding steroid dienone is 5. The summed E-state index contributed by atoms with van der Waals surface area (Å²) in [4.78, 5) is 1.11. The van der Waals surface area contributed by atoms with E-state index in [9.17, 15) is 38.9 Å². The van der Waals surface area contributed by atoms with E-state index in [4.69, 9.17) is 0 Å². The van der Waals surface area contributed by atoms with Gasteiger partial charge >= 0.3 is 0 Å². The lowest BCUT2D eigenvalue weighted by Gasteiger charge is -2.24. The highest BCUT2D eigenvalue weighted by atomic mass is 32.2. The van der Waals surface area contributed by atoms with Gasteiger partial charge in [0.15, 0.2) is 12.3 Å². The highest BCUT2D eigenvalue weighted by molar-refractivity contribution is 7.86. The Bertz CT molecular complexity index is 2400. The number of anilines is 1. The topological polar surface area (TPSA) is 175 Å². The minimum Gasteiger partial charge on any atom is -0.744 e. The molecule has 0 aliphatic heterocycles. The van der Waals surface area contributed by atoms with Gasteiger partial charge in [0.2, 0.25) is 0 Å². The van der Waals surface area contributed by atoms with Crippen molar-refractivity contribution in [2.75, 3.05) is 18.0 Å². The lowest BCUT2D eigenvalue weighted by Crippen LogP contribution is -2.22. The third-order valence-electron chi connectivity index (χ3n) is 8.36. The van der Waals surface area contributed by atoms with Crippen LogP contribution in [0.25, 0.3) is 5.57 Å². The fourth-order valence-electron chi connectivity index (χ4n) is 5.86. The molecule has 14 heteroatoms. The minimum atomic E-state index is -4.61. The van der Waals surface area contributed by atoms with E-state index in [2.05, 4.69) is 0 Å². The third-order valence-corrected chi connectivity index (χ3v) is 10.9. The quantitative estimate of drug-likeness (QED) is 0.147. The molecule has 0 spiro atoms. The summed E-state index contributed by atoms with van der Waals surface area (Å²) in [5.41, 5.74) is 4.99. The molecule has 4 aromatic rings. The van der Waals surface area contributed by atoms with E-state index in [0.717, 1.165) is 11.4 Å². The maximum Gasteiger partial charge on any atom is 0.295 e. The number of hydrogen-bond donors (Lipinski definition) is 1. The van der Waals surface area contributed by atoms with Gasteiger partial charge in [0.25, 0.3) is 10.1 Å². The van der Waals surface area contributed by atoms with Crippen molar-refractivity contribution in [3.8, 4) is 0 Å². The van der Waals surface area contributed by atoms with E-state index in [0.29, 0.717) is 54.0 Å². The summed E-state index contributed by atoms with van der Waals surface area (Å²) in [5, 5.41) is 0. The van der Waals surface area contributed by atoms with Crippen LogP contribution in [-0.4, -0.2) is 62.3 Å². The highest BCUT2D eigenvalue weighted by Gasteiger charge is 2.22. The second kappa shape index (κ2) is 15.3. The van der Waals surface area contributed by atoms with Crippen molar-refractivity contribution in [1.82, 2.24) is 0 Å². The van der Waals surface area contributed by atoms with E-state index < -0.39 is 30.4 Å². The predicted molar refractivity (Wildman–Crippen MR) is 192 cm³/mol. The Labute approximate surface area is 298 Å². The van der Waals surface area contributed by atoms with Crippen LogP contribution in [0.3, 0.4) is 0 Å². The normalized spacial score (nSPS) is 13.4. The molecule has 266 valence electrons. The molecule has 1 N–H and O–H groups in total. The van der Waals surface area contributed by atoms with Crippen molar-refractivity contribution in [2.45, 2.75) is 41.6 Å². The minimum absolute atomic E-state index is 0.264. The highest BCUT2D eigenvalue weighted by Crippen LogP contribution is 2.35. The van der Waals surface area contributed by atoms with E-state index in [1.807, 2.05) is 71.9 Å². The summed E-state index contributed by atoms with van der Waals surface area (Å²) < 4.78 is 107. The lowest BCUT2D eigenvalue weighted by molar-refractivity contribution is -0.539. The first-order chi connectivity index (χ1) is 24.1. The lowest BCUT2D eigenvalue weighted by atomic mass is 9.90. The molecule has 0 aromatic heterocycles. The van der Waals surface area contributed by atoms with Crippen molar-refractivity contribution >= 4 is 47.3 Å². The zero-order valence-corrected chi connectivity index (χ0v) is 30.2. The van der Waals surface area contributed by atoms with Gasteiger partial charge in [-0.25, -0.2) is 21.4 Å². The molecule has 0 saturated heterocycles. The third kappa shape index (κ3) is 9.16. The van der Waals surface area contributed by atoms with E-state index in [-0.39, 0.29) is 20.2 Å². The molecule has 5 rings (SSSR count). The molecule has 0 bridgehead atoms. The smallest absolute Gasteiger partial charge is 0.295 e. The second-order valence-corrected chi connectivity index (χ2v) is 15.8. The van der Waals surface area contributed by atoms with E-state index >= 15 is 0 Å². The summed E-state index contributed by atoms with van der Waals surface area (Å²) in [6.45, 7) is 5.64. The Morgan fingerprint density at radius 3 is 1.82 bits per heavy atom. The fourth-order valence-corrected chi connectivity index (χ4v) is 7.64. The van der Waals surface area contributed by atoms with Crippen molar-refractivity contribution in [3.05, 3.63) is 149 Å². The van der Waals surface area contributed by atoms with Crippen LogP contribution >= 0.6 is 0 Å². The summed E-state index contributed by atoms with van der Waals surface area (Å²) >= 11 is 0. The molecule has 0 amide bonds. The van der Waals surface area contributed by atoms with Gasteiger partial charge in [0.05, 0.1) is 9.79 Å². The van der Waals surface area contributed by atoms with Crippen LogP contribution in [0.5, 0.6) is 0 Å². The molecule has 0 unspecified atom stereocenters. The number of nitrogens with zero attached hydrogens (tertiary/aromatic N) is 2. The molecular weight excluding hydrogens is 713 g/mol. The molecule has 4 aromatic carbocycles.